The van der Waals surface area contributed by atoms with Crippen molar-refractivity contribution in [2.75, 3.05) is 5.32 Å². The summed E-state index contributed by atoms with van der Waals surface area (Å²) in [5, 5.41) is 7.66. The summed E-state index contributed by atoms with van der Waals surface area (Å²) in [7, 11) is 1.80. The molecule has 0 aliphatic carbocycles. The van der Waals surface area contributed by atoms with Crippen LogP contribution in [0.1, 0.15) is 31.7 Å². The maximum absolute atomic E-state index is 12.7. The molecule has 136 valence electrons. The summed E-state index contributed by atoms with van der Waals surface area (Å²) in [5.74, 6) is 0.613. The number of pyridine rings is 1. The van der Waals surface area contributed by atoms with E-state index in [2.05, 4.69) is 32.3 Å². The van der Waals surface area contributed by atoms with Crippen LogP contribution in [0.5, 0.6) is 5.88 Å². The van der Waals surface area contributed by atoms with Crippen LogP contribution in [0.25, 0.3) is 11.0 Å². The van der Waals surface area contributed by atoms with Gasteiger partial charge < -0.3 is 10.1 Å². The van der Waals surface area contributed by atoms with Gasteiger partial charge in [0.15, 0.2) is 11.8 Å². The number of ether oxygens (including phenoxy) is 1. The number of hydrogen-bond donors (Lipinski definition) is 1. The van der Waals surface area contributed by atoms with Crippen molar-refractivity contribution in [2.24, 2.45) is 7.05 Å². The van der Waals surface area contributed by atoms with E-state index in [0.29, 0.717) is 29.2 Å². The van der Waals surface area contributed by atoms with Gasteiger partial charge in [-0.25, -0.2) is 15.0 Å². The second-order valence-electron chi connectivity index (χ2n) is 6.14. The van der Waals surface area contributed by atoms with E-state index in [1.54, 1.807) is 30.2 Å². The summed E-state index contributed by atoms with van der Waals surface area (Å²) in [6.45, 7) is 4.01. The molecular formula is C18H22N6O2. The third kappa shape index (κ3) is 3.96. The van der Waals surface area contributed by atoms with Crippen LogP contribution >= 0.6 is 0 Å². The molecule has 0 radical (unpaired) electrons. The standard InChI is InChI=1S/C18H22N6O2/c1-4-5-6-14(17(25)23-15-8-7-12(2)9-19-15)26-18-13-10-22-24(3)16(13)20-11-21-18/h7-11,14H,4-6H2,1-3H3,(H,19,23,25). The van der Waals surface area contributed by atoms with Gasteiger partial charge in [0.2, 0.25) is 5.88 Å². The molecule has 0 bridgehead atoms. The highest BCUT2D eigenvalue weighted by atomic mass is 16.5. The number of nitrogens with one attached hydrogen (secondary N) is 1. The molecule has 1 amide bonds. The number of aromatic nitrogens is 5. The van der Waals surface area contributed by atoms with Crippen LogP contribution in [0.3, 0.4) is 0 Å². The summed E-state index contributed by atoms with van der Waals surface area (Å²) < 4.78 is 7.60. The van der Waals surface area contributed by atoms with Gasteiger partial charge >= 0.3 is 0 Å². The van der Waals surface area contributed by atoms with E-state index in [4.69, 9.17) is 4.74 Å². The Hall–Kier alpha value is -3.03. The number of hydrogen-bond acceptors (Lipinski definition) is 6. The van der Waals surface area contributed by atoms with Gasteiger partial charge in [0.25, 0.3) is 5.91 Å². The van der Waals surface area contributed by atoms with Crippen molar-refractivity contribution in [3.63, 3.8) is 0 Å². The predicted molar refractivity (Wildman–Crippen MR) is 97.8 cm³/mol. The average molecular weight is 354 g/mol. The summed E-state index contributed by atoms with van der Waals surface area (Å²) in [4.78, 5) is 25.3. The second-order valence-corrected chi connectivity index (χ2v) is 6.14. The van der Waals surface area contributed by atoms with E-state index >= 15 is 0 Å². The van der Waals surface area contributed by atoms with Crippen LogP contribution in [0.2, 0.25) is 0 Å². The molecule has 3 rings (SSSR count). The minimum Gasteiger partial charge on any atom is -0.464 e. The molecule has 26 heavy (non-hydrogen) atoms. The number of nitrogens with zero attached hydrogens (tertiary/aromatic N) is 5. The van der Waals surface area contributed by atoms with E-state index in [1.807, 2.05) is 13.0 Å². The number of fused-ring (bicyclic) bond motifs is 1. The van der Waals surface area contributed by atoms with Crippen LogP contribution in [-0.4, -0.2) is 36.7 Å². The molecule has 3 heterocycles. The first-order valence-corrected chi connectivity index (χ1v) is 8.61. The lowest BCUT2D eigenvalue weighted by atomic mass is 10.1. The smallest absolute Gasteiger partial charge is 0.266 e. The Kier molecular flexibility index (Phi) is 5.40. The number of aryl methyl sites for hydroxylation is 2. The molecule has 0 aliphatic rings. The maximum atomic E-state index is 12.7. The highest BCUT2D eigenvalue weighted by molar-refractivity contribution is 5.93. The van der Waals surface area contributed by atoms with Crippen molar-refractivity contribution in [3.8, 4) is 5.88 Å². The summed E-state index contributed by atoms with van der Waals surface area (Å²) in [6, 6.07) is 3.67. The molecule has 1 N–H and O–H groups in total. The Morgan fingerprint density at radius 2 is 2.12 bits per heavy atom. The zero-order valence-electron chi connectivity index (χ0n) is 15.1. The van der Waals surface area contributed by atoms with Crippen LogP contribution < -0.4 is 10.1 Å². The van der Waals surface area contributed by atoms with Gasteiger partial charge in [-0.05, 0) is 31.4 Å². The molecule has 0 aliphatic heterocycles. The highest BCUT2D eigenvalue weighted by Gasteiger charge is 2.23. The largest absolute Gasteiger partial charge is 0.464 e. The minimum atomic E-state index is -0.670. The van der Waals surface area contributed by atoms with E-state index < -0.39 is 6.10 Å². The molecule has 8 nitrogen and oxygen atoms in total. The van der Waals surface area contributed by atoms with Gasteiger partial charge in [-0.15, -0.1) is 0 Å². The Balaban J connectivity index is 1.80. The van der Waals surface area contributed by atoms with Crippen molar-refractivity contribution >= 4 is 22.8 Å². The average Bonchev–Trinajstić information content (AvgIpc) is 3.02. The van der Waals surface area contributed by atoms with Crippen LogP contribution in [0, 0.1) is 6.92 Å². The normalized spacial score (nSPS) is 12.1. The molecule has 0 fully saturated rings. The topological polar surface area (TPSA) is 94.8 Å². The molecular weight excluding hydrogens is 332 g/mol. The molecule has 0 saturated heterocycles. The summed E-state index contributed by atoms with van der Waals surface area (Å²) in [5.41, 5.74) is 1.69. The number of rotatable bonds is 7. The van der Waals surface area contributed by atoms with Gasteiger partial charge in [0.05, 0.1) is 6.20 Å². The summed E-state index contributed by atoms with van der Waals surface area (Å²) in [6.07, 6.45) is 6.50. The van der Waals surface area contributed by atoms with Crippen LogP contribution in [-0.2, 0) is 11.8 Å². The van der Waals surface area contributed by atoms with Gasteiger partial charge in [-0.2, -0.15) is 5.10 Å². The fraction of sp³-hybridized carbons (Fsp3) is 0.389. The predicted octanol–water partition coefficient (Wildman–Crippen LogP) is 2.64. The quantitative estimate of drug-likeness (QED) is 0.701. The van der Waals surface area contributed by atoms with E-state index in [9.17, 15) is 4.79 Å². The lowest BCUT2D eigenvalue weighted by molar-refractivity contribution is -0.123. The van der Waals surface area contributed by atoms with E-state index in [0.717, 1.165) is 18.4 Å². The minimum absolute atomic E-state index is 0.245. The molecule has 3 aromatic rings. The number of unbranched alkanes of at least 4 members (excludes halogenated alkanes) is 1. The number of anilines is 1. The summed E-state index contributed by atoms with van der Waals surface area (Å²) >= 11 is 0. The third-order valence-electron chi connectivity index (χ3n) is 4.02. The molecule has 1 unspecified atom stereocenters. The molecule has 8 heteroatoms. The zero-order valence-corrected chi connectivity index (χ0v) is 15.1. The van der Waals surface area contributed by atoms with Crippen molar-refractivity contribution in [2.45, 2.75) is 39.2 Å². The Labute approximate surface area is 151 Å². The van der Waals surface area contributed by atoms with Crippen molar-refractivity contribution in [1.29, 1.82) is 0 Å². The molecule has 0 saturated carbocycles. The number of carbonyl (C=O) groups is 1. The first-order valence-electron chi connectivity index (χ1n) is 8.61. The third-order valence-corrected chi connectivity index (χ3v) is 4.02. The Bertz CT molecular complexity index is 890. The van der Waals surface area contributed by atoms with Gasteiger partial charge in [-0.1, -0.05) is 19.4 Å². The Morgan fingerprint density at radius 1 is 1.27 bits per heavy atom. The number of carbonyl (C=O) groups excluding carboxylic acids is 1. The van der Waals surface area contributed by atoms with Crippen molar-refractivity contribution < 1.29 is 9.53 Å². The van der Waals surface area contributed by atoms with Gasteiger partial charge in [0.1, 0.15) is 17.5 Å². The highest BCUT2D eigenvalue weighted by Crippen LogP contribution is 2.22. The van der Waals surface area contributed by atoms with Gasteiger partial charge in [-0.3, -0.25) is 9.48 Å². The first-order chi connectivity index (χ1) is 12.6. The fourth-order valence-corrected chi connectivity index (χ4v) is 2.55. The molecule has 3 aromatic heterocycles. The van der Waals surface area contributed by atoms with Crippen molar-refractivity contribution in [1.82, 2.24) is 24.7 Å². The fourth-order valence-electron chi connectivity index (χ4n) is 2.55. The molecule has 0 aromatic carbocycles. The monoisotopic (exact) mass is 354 g/mol. The van der Waals surface area contributed by atoms with Crippen LogP contribution in [0.4, 0.5) is 5.82 Å². The zero-order chi connectivity index (χ0) is 18.5. The Morgan fingerprint density at radius 3 is 2.85 bits per heavy atom. The van der Waals surface area contributed by atoms with Crippen LogP contribution in [0.15, 0.2) is 30.9 Å². The molecule has 1 atom stereocenters. The van der Waals surface area contributed by atoms with E-state index in [1.165, 1.54) is 6.33 Å². The molecule has 0 spiro atoms. The lowest BCUT2D eigenvalue weighted by Gasteiger charge is -2.18. The van der Waals surface area contributed by atoms with Crippen molar-refractivity contribution in [3.05, 3.63) is 36.4 Å². The van der Waals surface area contributed by atoms with E-state index in [-0.39, 0.29) is 5.91 Å². The maximum Gasteiger partial charge on any atom is 0.266 e. The van der Waals surface area contributed by atoms with Gasteiger partial charge in [0, 0.05) is 13.2 Å². The lowest BCUT2D eigenvalue weighted by Crippen LogP contribution is -2.33. The SMILES string of the molecule is CCCCC(Oc1ncnc2c1cnn2C)C(=O)Nc1ccc(C)cn1. The first kappa shape index (κ1) is 17.8. The second kappa shape index (κ2) is 7.90. The number of amides is 1.